The lowest BCUT2D eigenvalue weighted by Gasteiger charge is -2.52. The Labute approximate surface area is 210 Å². The van der Waals surface area contributed by atoms with Crippen LogP contribution in [-0.4, -0.2) is 75.2 Å². The number of rotatable bonds is 6. The number of nitrogens with one attached hydrogen (secondary N) is 1. The molecule has 1 aromatic rings. The zero-order chi connectivity index (χ0) is 25.3. The third-order valence-corrected chi connectivity index (χ3v) is 9.36. The fourth-order valence-corrected chi connectivity index (χ4v) is 7.99. The molecule has 1 N–H and O–H groups in total. The number of hydrogen-bond donors (Lipinski definition) is 1. The summed E-state index contributed by atoms with van der Waals surface area (Å²) in [7, 11) is -3.27. The second-order valence-electron chi connectivity index (χ2n) is 11.8. The maximum Gasteiger partial charge on any atom is 0.238 e. The number of carbonyl (C=O) groups is 1. The summed E-state index contributed by atoms with van der Waals surface area (Å²) in [6.45, 7) is 12.6. The zero-order valence-corrected chi connectivity index (χ0v) is 22.5. The Morgan fingerprint density at radius 1 is 1.09 bits per heavy atom. The van der Waals surface area contributed by atoms with Crippen LogP contribution in [0, 0.1) is 16.7 Å². The van der Waals surface area contributed by atoms with Gasteiger partial charge in [0.15, 0.2) is 11.5 Å². The summed E-state index contributed by atoms with van der Waals surface area (Å²) in [5, 5.41) is 2.99. The maximum absolute atomic E-state index is 13.0. The first kappa shape index (κ1) is 26.2. The van der Waals surface area contributed by atoms with Gasteiger partial charge in [-0.05, 0) is 61.2 Å². The van der Waals surface area contributed by atoms with E-state index in [0.717, 1.165) is 38.8 Å². The molecule has 0 aliphatic carbocycles. The van der Waals surface area contributed by atoms with E-state index in [-0.39, 0.29) is 28.4 Å². The van der Waals surface area contributed by atoms with Crippen molar-refractivity contribution >= 4 is 21.6 Å². The quantitative estimate of drug-likeness (QED) is 0.633. The number of fused-ring (bicyclic) bond motifs is 1. The molecule has 196 valence electrons. The Balaban J connectivity index is 1.34. The smallest absolute Gasteiger partial charge is 0.238 e. The fourth-order valence-electron chi connectivity index (χ4n) is 5.92. The van der Waals surface area contributed by atoms with Crippen molar-refractivity contribution in [2.75, 3.05) is 57.0 Å². The van der Waals surface area contributed by atoms with Crippen molar-refractivity contribution in [3.05, 3.63) is 18.2 Å². The highest BCUT2D eigenvalue weighted by Crippen LogP contribution is 2.47. The summed E-state index contributed by atoms with van der Waals surface area (Å²) >= 11 is 0. The van der Waals surface area contributed by atoms with Crippen molar-refractivity contribution < 1.29 is 22.7 Å². The number of carbonyl (C=O) groups excluding carboxylic acids is 1. The summed E-state index contributed by atoms with van der Waals surface area (Å²) in [4.78, 5) is 14.9. The molecule has 1 aromatic carbocycles. The van der Waals surface area contributed by atoms with E-state index in [0.29, 0.717) is 50.0 Å². The van der Waals surface area contributed by atoms with Gasteiger partial charge >= 0.3 is 0 Å². The lowest BCUT2D eigenvalue weighted by atomic mass is 9.65. The average Bonchev–Trinajstić information content (AvgIpc) is 2.98. The molecule has 3 aliphatic rings. The lowest BCUT2D eigenvalue weighted by molar-refractivity contribution is -0.118. The first-order valence-corrected chi connectivity index (χ1v) is 14.5. The van der Waals surface area contributed by atoms with Gasteiger partial charge in [0.2, 0.25) is 15.9 Å². The van der Waals surface area contributed by atoms with Crippen LogP contribution < -0.4 is 14.8 Å². The Bertz CT molecular complexity index is 1020. The second-order valence-corrected chi connectivity index (χ2v) is 13.8. The number of benzene rings is 1. The van der Waals surface area contributed by atoms with E-state index >= 15 is 0 Å². The van der Waals surface area contributed by atoms with Crippen molar-refractivity contribution in [3.63, 3.8) is 0 Å². The van der Waals surface area contributed by atoms with E-state index < -0.39 is 10.0 Å². The van der Waals surface area contributed by atoms with Gasteiger partial charge in [0.05, 0.1) is 25.5 Å². The number of ether oxygens (including phenoxy) is 2. The van der Waals surface area contributed by atoms with Crippen molar-refractivity contribution in [1.82, 2.24) is 9.21 Å². The Kier molecular flexibility index (Phi) is 7.69. The summed E-state index contributed by atoms with van der Waals surface area (Å²) in [5.41, 5.74) is 0.624. The van der Waals surface area contributed by atoms with Crippen molar-refractivity contribution in [3.8, 4) is 11.5 Å². The number of amides is 1. The van der Waals surface area contributed by atoms with Gasteiger partial charge in [-0.15, -0.1) is 0 Å². The number of likely N-dealkylation sites (tertiary alicyclic amines) is 1. The predicted molar refractivity (Wildman–Crippen MR) is 137 cm³/mol. The molecule has 3 heterocycles. The molecular weight excluding hydrogens is 466 g/mol. The van der Waals surface area contributed by atoms with E-state index in [4.69, 9.17) is 9.47 Å². The van der Waals surface area contributed by atoms with Gasteiger partial charge in [-0.25, -0.2) is 12.7 Å². The summed E-state index contributed by atoms with van der Waals surface area (Å²) in [6.07, 6.45) is 3.67. The molecule has 4 rings (SSSR count). The Morgan fingerprint density at radius 2 is 1.77 bits per heavy atom. The van der Waals surface area contributed by atoms with Gasteiger partial charge < -0.3 is 14.8 Å². The van der Waals surface area contributed by atoms with E-state index in [9.17, 15) is 13.2 Å². The van der Waals surface area contributed by atoms with Crippen LogP contribution in [0.1, 0.15) is 53.4 Å². The molecule has 3 aliphatic heterocycles. The molecule has 2 fully saturated rings. The second kappa shape index (κ2) is 10.3. The molecule has 35 heavy (non-hydrogen) atoms. The first-order valence-electron chi connectivity index (χ1n) is 12.9. The van der Waals surface area contributed by atoms with Crippen LogP contribution in [0.25, 0.3) is 0 Å². The van der Waals surface area contributed by atoms with Gasteiger partial charge in [-0.1, -0.05) is 27.7 Å². The largest absolute Gasteiger partial charge is 0.490 e. The number of sulfonamides is 1. The van der Waals surface area contributed by atoms with E-state index in [2.05, 4.69) is 24.1 Å². The minimum absolute atomic E-state index is 0.0207. The maximum atomic E-state index is 13.0. The van der Waals surface area contributed by atoms with Gasteiger partial charge in [-0.2, -0.15) is 0 Å². The molecule has 2 saturated heterocycles. The SMILES string of the molecule is CC(C)CS(=O)(=O)N1CC(C)(C)CC2(CCN(CC(=O)Nc3ccc4c(c3)OCCCO4)CC2)C1. The Hall–Kier alpha value is -1.84. The molecule has 1 amide bonds. The predicted octanol–water partition coefficient (Wildman–Crippen LogP) is 3.59. The van der Waals surface area contributed by atoms with Crippen LogP contribution in [-0.2, 0) is 14.8 Å². The normalized spacial score (nSPS) is 22.7. The van der Waals surface area contributed by atoms with Crippen molar-refractivity contribution in [2.45, 2.75) is 53.4 Å². The molecule has 0 bridgehead atoms. The van der Waals surface area contributed by atoms with Crippen LogP contribution in [0.15, 0.2) is 18.2 Å². The third-order valence-electron chi connectivity index (χ3n) is 7.22. The molecule has 0 atom stereocenters. The molecule has 0 aromatic heterocycles. The van der Waals surface area contributed by atoms with Crippen LogP contribution >= 0.6 is 0 Å². The molecule has 1 spiro atoms. The average molecular weight is 508 g/mol. The van der Waals surface area contributed by atoms with E-state index in [1.165, 1.54) is 0 Å². The molecular formula is C26H41N3O5S. The van der Waals surface area contributed by atoms with Crippen LogP contribution in [0.2, 0.25) is 0 Å². The van der Waals surface area contributed by atoms with Gasteiger partial charge in [-0.3, -0.25) is 9.69 Å². The summed E-state index contributed by atoms with van der Waals surface area (Å²) < 4.78 is 39.2. The first-order chi connectivity index (χ1) is 16.5. The lowest BCUT2D eigenvalue weighted by Crippen LogP contribution is -2.56. The van der Waals surface area contributed by atoms with E-state index in [1.807, 2.05) is 32.0 Å². The van der Waals surface area contributed by atoms with Crippen LogP contribution in [0.3, 0.4) is 0 Å². The highest BCUT2D eigenvalue weighted by molar-refractivity contribution is 7.89. The standard InChI is InChI=1S/C26H41N3O5S/c1-20(2)16-35(31,32)29-18-25(3,4)17-26(19-29)8-10-28(11-9-26)15-24(30)27-21-6-7-22-23(14-21)34-13-5-12-33-22/h6-7,14,20H,5,8-13,15-19H2,1-4H3,(H,27,30). The Morgan fingerprint density at radius 3 is 2.46 bits per heavy atom. The van der Waals surface area contributed by atoms with Crippen molar-refractivity contribution in [1.29, 1.82) is 0 Å². The van der Waals surface area contributed by atoms with Gasteiger partial charge in [0, 0.05) is 31.3 Å². The molecule has 0 saturated carbocycles. The molecule has 0 radical (unpaired) electrons. The summed E-state index contributed by atoms with van der Waals surface area (Å²) in [5.74, 6) is 1.63. The van der Waals surface area contributed by atoms with Crippen LogP contribution in [0.5, 0.6) is 11.5 Å². The van der Waals surface area contributed by atoms with Crippen molar-refractivity contribution in [2.24, 2.45) is 16.7 Å². The van der Waals surface area contributed by atoms with E-state index in [1.54, 1.807) is 4.31 Å². The third kappa shape index (κ3) is 6.68. The molecule has 0 unspecified atom stereocenters. The molecule has 8 nitrogen and oxygen atoms in total. The number of nitrogens with zero attached hydrogens (tertiary/aromatic N) is 2. The summed E-state index contributed by atoms with van der Waals surface area (Å²) in [6, 6.07) is 5.50. The fraction of sp³-hybridized carbons (Fsp3) is 0.731. The minimum Gasteiger partial charge on any atom is -0.490 e. The highest BCUT2D eigenvalue weighted by Gasteiger charge is 2.47. The number of piperidine rings is 2. The number of anilines is 1. The number of hydrogen-bond acceptors (Lipinski definition) is 6. The van der Waals surface area contributed by atoms with Gasteiger partial charge in [0.25, 0.3) is 0 Å². The van der Waals surface area contributed by atoms with Crippen LogP contribution in [0.4, 0.5) is 5.69 Å². The van der Waals surface area contributed by atoms with Gasteiger partial charge in [0.1, 0.15) is 0 Å². The highest BCUT2D eigenvalue weighted by atomic mass is 32.2. The minimum atomic E-state index is -3.27. The monoisotopic (exact) mass is 507 g/mol. The topological polar surface area (TPSA) is 88.2 Å². The molecule has 9 heteroatoms. The zero-order valence-electron chi connectivity index (χ0n) is 21.6.